The van der Waals surface area contributed by atoms with Crippen LogP contribution in [0.15, 0.2) is 22.5 Å². The molecule has 0 fully saturated rings. The maximum Gasteiger partial charge on any atom is 0.231 e. The van der Waals surface area contributed by atoms with E-state index in [0.29, 0.717) is 41.5 Å². The highest BCUT2D eigenvalue weighted by Crippen LogP contribution is 2.39. The molecule has 0 amide bonds. The first-order chi connectivity index (χ1) is 12.1. The average molecular weight is 509 g/mol. The van der Waals surface area contributed by atoms with E-state index < -0.39 is 0 Å². The van der Waals surface area contributed by atoms with Crippen LogP contribution in [-0.2, 0) is 13.1 Å². The van der Waals surface area contributed by atoms with Gasteiger partial charge in [-0.15, -0.1) is 35.3 Å². The van der Waals surface area contributed by atoms with Crippen LogP contribution in [-0.4, -0.2) is 24.8 Å². The lowest BCUT2D eigenvalue weighted by molar-refractivity contribution is 0.174. The topological polar surface area (TPSA) is 67.8 Å². The van der Waals surface area contributed by atoms with E-state index in [1.54, 1.807) is 18.4 Å². The van der Waals surface area contributed by atoms with Crippen LogP contribution in [0.25, 0.3) is 0 Å². The Bertz CT molecular complexity index is 782. The van der Waals surface area contributed by atoms with Gasteiger partial charge in [-0.25, -0.2) is 4.98 Å². The molecule has 1 aliphatic rings. The molecule has 2 N–H and O–H groups in total. The van der Waals surface area contributed by atoms with Gasteiger partial charge in [-0.2, -0.15) is 0 Å². The van der Waals surface area contributed by atoms with E-state index in [9.17, 15) is 0 Å². The molecule has 2 heterocycles. The summed E-state index contributed by atoms with van der Waals surface area (Å²) < 4.78 is 10.7. The van der Waals surface area contributed by atoms with E-state index in [0.717, 1.165) is 16.3 Å². The van der Waals surface area contributed by atoms with E-state index in [1.165, 1.54) is 0 Å². The highest BCUT2D eigenvalue weighted by atomic mass is 127. The maximum atomic E-state index is 6.21. The summed E-state index contributed by atoms with van der Waals surface area (Å²) >= 11 is 7.86. The van der Waals surface area contributed by atoms with Gasteiger partial charge >= 0.3 is 0 Å². The molecule has 0 aliphatic carbocycles. The first-order valence-corrected chi connectivity index (χ1v) is 9.29. The number of halogens is 2. The van der Waals surface area contributed by atoms with Gasteiger partial charge < -0.3 is 20.1 Å². The lowest BCUT2D eigenvalue weighted by Crippen LogP contribution is -2.36. The first-order valence-electron chi connectivity index (χ1n) is 8.03. The number of hydrogen-bond donors (Lipinski definition) is 2. The van der Waals surface area contributed by atoms with Crippen molar-refractivity contribution >= 4 is 52.9 Å². The summed E-state index contributed by atoms with van der Waals surface area (Å²) in [5.41, 5.74) is 2.12. The fourth-order valence-corrected chi connectivity index (χ4v) is 3.54. The molecule has 0 saturated heterocycles. The van der Waals surface area contributed by atoms with Gasteiger partial charge in [0.25, 0.3) is 0 Å². The average Bonchev–Trinajstić information content (AvgIpc) is 3.24. The van der Waals surface area contributed by atoms with Gasteiger partial charge in [0, 0.05) is 19.0 Å². The lowest BCUT2D eigenvalue weighted by Gasteiger charge is -2.12. The Hall–Kier alpha value is -1.26. The standard InChI is InChI=1S/C17H21ClN4O2S.HI/c1-10(2)13-8-25-15(22-13)7-21-17(19-3)20-6-11-4-12(18)16-14(5-11)23-9-24-16;/h4-5,8,10H,6-7,9H2,1-3H3,(H2,19,20,21);1H. The van der Waals surface area contributed by atoms with Crippen molar-refractivity contribution in [2.45, 2.75) is 32.9 Å². The molecule has 142 valence electrons. The van der Waals surface area contributed by atoms with Crippen molar-refractivity contribution in [1.29, 1.82) is 0 Å². The van der Waals surface area contributed by atoms with E-state index in [2.05, 4.69) is 39.8 Å². The van der Waals surface area contributed by atoms with Crippen LogP contribution in [0.5, 0.6) is 11.5 Å². The Kier molecular flexibility index (Phi) is 7.78. The van der Waals surface area contributed by atoms with E-state index in [4.69, 9.17) is 21.1 Å². The van der Waals surface area contributed by atoms with Crippen molar-refractivity contribution in [3.05, 3.63) is 38.8 Å². The van der Waals surface area contributed by atoms with E-state index in [-0.39, 0.29) is 30.8 Å². The molecule has 0 spiro atoms. The number of nitrogens with one attached hydrogen (secondary N) is 2. The van der Waals surface area contributed by atoms with E-state index in [1.807, 2.05) is 12.1 Å². The number of aliphatic imine (C=N–C) groups is 1. The van der Waals surface area contributed by atoms with Gasteiger partial charge in [0.15, 0.2) is 17.5 Å². The number of nitrogens with zero attached hydrogens (tertiary/aromatic N) is 2. The van der Waals surface area contributed by atoms with Crippen molar-refractivity contribution in [1.82, 2.24) is 15.6 Å². The summed E-state index contributed by atoms with van der Waals surface area (Å²) in [7, 11) is 1.74. The molecular weight excluding hydrogens is 487 g/mol. The quantitative estimate of drug-likeness (QED) is 0.361. The molecule has 0 saturated carbocycles. The van der Waals surface area contributed by atoms with Gasteiger partial charge in [-0.05, 0) is 23.6 Å². The minimum absolute atomic E-state index is 0. The molecule has 1 aromatic heterocycles. The monoisotopic (exact) mass is 508 g/mol. The van der Waals surface area contributed by atoms with Gasteiger partial charge in [-0.1, -0.05) is 25.4 Å². The van der Waals surface area contributed by atoms with Crippen LogP contribution in [0.4, 0.5) is 0 Å². The van der Waals surface area contributed by atoms with Gasteiger partial charge in [-0.3, -0.25) is 4.99 Å². The molecule has 0 unspecified atom stereocenters. The molecule has 26 heavy (non-hydrogen) atoms. The fraction of sp³-hybridized carbons (Fsp3) is 0.412. The highest BCUT2D eigenvalue weighted by Gasteiger charge is 2.18. The van der Waals surface area contributed by atoms with Crippen LogP contribution >= 0.6 is 46.9 Å². The smallest absolute Gasteiger partial charge is 0.231 e. The predicted molar refractivity (Wildman–Crippen MR) is 116 cm³/mol. The summed E-state index contributed by atoms with van der Waals surface area (Å²) in [5.74, 6) is 2.43. The number of thiazole rings is 1. The van der Waals surface area contributed by atoms with Crippen molar-refractivity contribution < 1.29 is 9.47 Å². The Balaban J connectivity index is 0.00000243. The molecule has 6 nitrogen and oxygen atoms in total. The number of aromatic nitrogens is 1. The molecule has 2 aromatic rings. The van der Waals surface area contributed by atoms with Crippen LogP contribution in [0.3, 0.4) is 0 Å². The normalized spacial score (nSPS) is 12.9. The molecule has 1 aliphatic heterocycles. The molecule has 9 heteroatoms. The van der Waals surface area contributed by atoms with Gasteiger partial charge in [0.1, 0.15) is 5.01 Å². The van der Waals surface area contributed by atoms with Crippen molar-refractivity contribution in [3.63, 3.8) is 0 Å². The Morgan fingerprint density at radius 2 is 2.08 bits per heavy atom. The van der Waals surface area contributed by atoms with E-state index >= 15 is 0 Å². The van der Waals surface area contributed by atoms with Gasteiger partial charge in [0.05, 0.1) is 17.3 Å². The van der Waals surface area contributed by atoms with Crippen LogP contribution in [0, 0.1) is 0 Å². The fourth-order valence-electron chi connectivity index (χ4n) is 2.36. The summed E-state index contributed by atoms with van der Waals surface area (Å²) in [6.07, 6.45) is 0. The Morgan fingerprint density at radius 1 is 1.31 bits per heavy atom. The molecular formula is C17H22ClIN4O2S. The number of guanidine groups is 1. The van der Waals surface area contributed by atoms with Crippen molar-refractivity contribution in [2.24, 2.45) is 4.99 Å². The number of fused-ring (bicyclic) bond motifs is 1. The largest absolute Gasteiger partial charge is 0.454 e. The molecule has 0 bridgehead atoms. The lowest BCUT2D eigenvalue weighted by atomic mass is 10.2. The Morgan fingerprint density at radius 3 is 2.77 bits per heavy atom. The van der Waals surface area contributed by atoms with Crippen molar-refractivity contribution in [3.8, 4) is 11.5 Å². The summed E-state index contributed by atoms with van der Waals surface area (Å²) in [5, 5.41) is 10.2. The third-order valence-corrected chi connectivity index (χ3v) is 4.89. The molecule has 3 rings (SSSR count). The van der Waals surface area contributed by atoms with Crippen molar-refractivity contribution in [2.75, 3.05) is 13.8 Å². The number of rotatable bonds is 5. The zero-order valence-corrected chi connectivity index (χ0v) is 18.7. The minimum atomic E-state index is 0. The second kappa shape index (κ2) is 9.61. The second-order valence-electron chi connectivity index (χ2n) is 5.91. The number of hydrogen-bond acceptors (Lipinski definition) is 5. The molecule has 0 atom stereocenters. The van der Waals surface area contributed by atoms with Crippen LogP contribution in [0.2, 0.25) is 5.02 Å². The summed E-state index contributed by atoms with van der Waals surface area (Å²) in [6, 6.07) is 3.79. The number of benzene rings is 1. The third-order valence-electron chi connectivity index (χ3n) is 3.74. The highest BCUT2D eigenvalue weighted by molar-refractivity contribution is 14.0. The summed E-state index contributed by atoms with van der Waals surface area (Å²) in [6.45, 7) is 5.71. The molecule has 1 aromatic carbocycles. The number of ether oxygens (including phenoxy) is 2. The second-order valence-corrected chi connectivity index (χ2v) is 7.26. The maximum absolute atomic E-state index is 6.21. The molecule has 0 radical (unpaired) electrons. The van der Waals surface area contributed by atoms with Crippen LogP contribution < -0.4 is 20.1 Å². The predicted octanol–water partition coefficient (Wildman–Crippen LogP) is 4.13. The van der Waals surface area contributed by atoms with Gasteiger partial charge in [0.2, 0.25) is 6.79 Å². The minimum Gasteiger partial charge on any atom is -0.454 e. The summed E-state index contributed by atoms with van der Waals surface area (Å²) in [4.78, 5) is 8.85. The zero-order valence-electron chi connectivity index (χ0n) is 14.8. The van der Waals surface area contributed by atoms with Crippen LogP contribution in [0.1, 0.15) is 36.0 Å². The third kappa shape index (κ3) is 5.14. The SMILES string of the molecule is CN=C(NCc1cc(Cl)c2c(c1)OCO2)NCc1nc(C(C)C)cs1.I. The first kappa shape index (κ1) is 21.0. The Labute approximate surface area is 179 Å². The zero-order chi connectivity index (χ0) is 17.8.